The van der Waals surface area contributed by atoms with Crippen molar-refractivity contribution in [3.05, 3.63) is 23.0 Å². The summed E-state index contributed by atoms with van der Waals surface area (Å²) in [5, 5.41) is 0. The maximum Gasteiger partial charge on any atom is 0.339 e. The van der Waals surface area contributed by atoms with Crippen LogP contribution in [0.25, 0.3) is 0 Å². The third kappa shape index (κ3) is 3.81. The lowest BCUT2D eigenvalue weighted by Gasteiger charge is -2.22. The number of ether oxygens (including phenoxy) is 3. The van der Waals surface area contributed by atoms with Crippen LogP contribution in [0, 0.1) is 6.92 Å². The molecule has 106 valence electrons. The van der Waals surface area contributed by atoms with Gasteiger partial charge in [-0.2, -0.15) is 0 Å². The molecule has 0 bridgehead atoms. The first kappa shape index (κ1) is 14.1. The zero-order valence-corrected chi connectivity index (χ0v) is 11.5. The predicted octanol–water partition coefficient (Wildman–Crippen LogP) is 2.20. The number of aryl methyl sites for hydroxylation is 2. The van der Waals surface area contributed by atoms with E-state index in [2.05, 4.69) is 4.98 Å². The summed E-state index contributed by atoms with van der Waals surface area (Å²) in [7, 11) is 0. The summed E-state index contributed by atoms with van der Waals surface area (Å²) in [6, 6.07) is 1.86. The third-order valence-electron chi connectivity index (χ3n) is 3.11. The molecule has 1 aromatic rings. The Balaban J connectivity index is 1.90. The van der Waals surface area contributed by atoms with E-state index >= 15 is 0 Å². The minimum absolute atomic E-state index is 0.122. The smallest absolute Gasteiger partial charge is 0.339 e. The molecule has 0 aromatic carbocycles. The molecule has 2 rings (SSSR count). The van der Waals surface area contributed by atoms with E-state index in [1.54, 1.807) is 6.92 Å². The SMILES string of the molecule is CCOC(=O)c1cc(CCC2OCCCO2)[nH]c1C. The van der Waals surface area contributed by atoms with Crippen LogP contribution in [0.1, 0.15) is 41.5 Å². The summed E-state index contributed by atoms with van der Waals surface area (Å²) in [6.07, 6.45) is 2.43. The van der Waals surface area contributed by atoms with Crippen LogP contribution in [0.15, 0.2) is 6.07 Å². The average Bonchev–Trinajstić information content (AvgIpc) is 2.79. The van der Waals surface area contributed by atoms with Crippen molar-refractivity contribution < 1.29 is 19.0 Å². The van der Waals surface area contributed by atoms with Crippen molar-refractivity contribution in [1.29, 1.82) is 0 Å². The molecule has 0 amide bonds. The maximum absolute atomic E-state index is 11.7. The normalized spacial score (nSPS) is 16.5. The number of aromatic nitrogens is 1. The summed E-state index contributed by atoms with van der Waals surface area (Å²) in [4.78, 5) is 14.9. The maximum atomic E-state index is 11.7. The zero-order chi connectivity index (χ0) is 13.7. The van der Waals surface area contributed by atoms with Gasteiger partial charge in [-0.15, -0.1) is 0 Å². The van der Waals surface area contributed by atoms with E-state index in [1.165, 1.54) is 0 Å². The predicted molar refractivity (Wildman–Crippen MR) is 70.1 cm³/mol. The highest BCUT2D eigenvalue weighted by Crippen LogP contribution is 2.16. The number of carbonyl (C=O) groups excluding carboxylic acids is 1. The van der Waals surface area contributed by atoms with Gasteiger partial charge in [-0.05, 0) is 32.8 Å². The number of rotatable bonds is 5. The summed E-state index contributed by atoms with van der Waals surface area (Å²) in [5.74, 6) is -0.271. The molecule has 0 atom stereocenters. The monoisotopic (exact) mass is 267 g/mol. The van der Waals surface area contributed by atoms with Crippen LogP contribution in [0.5, 0.6) is 0 Å². The summed E-state index contributed by atoms with van der Waals surface area (Å²) < 4.78 is 16.0. The van der Waals surface area contributed by atoms with Gasteiger partial charge in [0.2, 0.25) is 0 Å². The zero-order valence-electron chi connectivity index (χ0n) is 11.5. The van der Waals surface area contributed by atoms with Crippen LogP contribution in [-0.4, -0.2) is 37.1 Å². The van der Waals surface area contributed by atoms with Crippen molar-refractivity contribution in [2.45, 2.75) is 39.4 Å². The average molecular weight is 267 g/mol. The highest BCUT2D eigenvalue weighted by Gasteiger charge is 2.17. The van der Waals surface area contributed by atoms with Crippen LogP contribution < -0.4 is 0 Å². The molecule has 5 nitrogen and oxygen atoms in total. The lowest BCUT2D eigenvalue weighted by Crippen LogP contribution is -2.25. The molecule has 0 saturated carbocycles. The number of H-pyrrole nitrogens is 1. The first-order valence-electron chi connectivity index (χ1n) is 6.79. The minimum Gasteiger partial charge on any atom is -0.462 e. The second-order valence-electron chi connectivity index (χ2n) is 4.62. The molecular formula is C14H21NO4. The van der Waals surface area contributed by atoms with Crippen LogP contribution in [0.4, 0.5) is 0 Å². The van der Waals surface area contributed by atoms with Gasteiger partial charge in [-0.1, -0.05) is 0 Å². The first-order valence-corrected chi connectivity index (χ1v) is 6.79. The Morgan fingerprint density at radius 3 is 2.89 bits per heavy atom. The van der Waals surface area contributed by atoms with E-state index in [0.717, 1.165) is 43.9 Å². The van der Waals surface area contributed by atoms with Crippen molar-refractivity contribution >= 4 is 5.97 Å². The topological polar surface area (TPSA) is 60.6 Å². The number of esters is 1. The molecule has 0 radical (unpaired) electrons. The van der Waals surface area contributed by atoms with Gasteiger partial charge in [-0.25, -0.2) is 4.79 Å². The van der Waals surface area contributed by atoms with E-state index in [-0.39, 0.29) is 12.3 Å². The standard InChI is InChI=1S/C14H21NO4/c1-3-17-14(16)12-9-11(15-10(12)2)5-6-13-18-7-4-8-19-13/h9,13,15H,3-8H2,1-2H3. The van der Waals surface area contributed by atoms with E-state index in [0.29, 0.717) is 12.2 Å². The van der Waals surface area contributed by atoms with Gasteiger partial charge in [0.05, 0.1) is 25.4 Å². The summed E-state index contributed by atoms with van der Waals surface area (Å²) in [5.41, 5.74) is 2.47. The molecule has 1 fully saturated rings. The highest BCUT2D eigenvalue weighted by molar-refractivity contribution is 5.90. The Kier molecular flexibility index (Phi) is 4.99. The quantitative estimate of drug-likeness (QED) is 0.831. The molecule has 1 saturated heterocycles. The molecule has 1 aliphatic rings. The highest BCUT2D eigenvalue weighted by atomic mass is 16.7. The van der Waals surface area contributed by atoms with E-state index in [1.807, 2.05) is 13.0 Å². The number of hydrogen-bond acceptors (Lipinski definition) is 4. The number of nitrogens with one attached hydrogen (secondary N) is 1. The van der Waals surface area contributed by atoms with Crippen molar-refractivity contribution in [3.8, 4) is 0 Å². The molecule has 0 aliphatic carbocycles. The second kappa shape index (κ2) is 6.73. The van der Waals surface area contributed by atoms with Gasteiger partial charge in [0, 0.05) is 17.8 Å². The Bertz CT molecular complexity index is 421. The Hall–Kier alpha value is -1.33. The van der Waals surface area contributed by atoms with Crippen molar-refractivity contribution in [2.24, 2.45) is 0 Å². The Morgan fingerprint density at radius 1 is 1.47 bits per heavy atom. The molecule has 1 aliphatic heterocycles. The number of aromatic amines is 1. The van der Waals surface area contributed by atoms with Gasteiger partial charge in [0.25, 0.3) is 0 Å². The fraction of sp³-hybridized carbons (Fsp3) is 0.643. The van der Waals surface area contributed by atoms with Crippen LogP contribution in [0.2, 0.25) is 0 Å². The summed E-state index contributed by atoms with van der Waals surface area (Å²) in [6.45, 7) is 5.61. The van der Waals surface area contributed by atoms with E-state index < -0.39 is 0 Å². The molecule has 5 heteroatoms. The largest absolute Gasteiger partial charge is 0.462 e. The number of hydrogen-bond donors (Lipinski definition) is 1. The van der Waals surface area contributed by atoms with Crippen LogP contribution >= 0.6 is 0 Å². The van der Waals surface area contributed by atoms with Gasteiger partial charge in [0.1, 0.15) is 0 Å². The lowest BCUT2D eigenvalue weighted by atomic mass is 10.2. The molecule has 0 unspecified atom stereocenters. The fourth-order valence-corrected chi connectivity index (χ4v) is 2.16. The van der Waals surface area contributed by atoms with Gasteiger partial charge in [0.15, 0.2) is 6.29 Å². The van der Waals surface area contributed by atoms with Gasteiger partial charge in [-0.3, -0.25) is 0 Å². The Labute approximate surface area is 113 Å². The third-order valence-corrected chi connectivity index (χ3v) is 3.11. The van der Waals surface area contributed by atoms with E-state index in [9.17, 15) is 4.79 Å². The summed E-state index contributed by atoms with van der Waals surface area (Å²) >= 11 is 0. The van der Waals surface area contributed by atoms with Gasteiger partial charge >= 0.3 is 5.97 Å². The molecular weight excluding hydrogens is 246 g/mol. The lowest BCUT2D eigenvalue weighted by molar-refractivity contribution is -0.180. The van der Waals surface area contributed by atoms with Crippen LogP contribution in [0.3, 0.4) is 0 Å². The minimum atomic E-state index is -0.271. The molecule has 1 aromatic heterocycles. The van der Waals surface area contributed by atoms with Crippen molar-refractivity contribution in [1.82, 2.24) is 4.98 Å². The second-order valence-corrected chi connectivity index (χ2v) is 4.62. The first-order chi connectivity index (χ1) is 9.20. The fourth-order valence-electron chi connectivity index (χ4n) is 2.16. The van der Waals surface area contributed by atoms with Gasteiger partial charge < -0.3 is 19.2 Å². The Morgan fingerprint density at radius 2 is 2.21 bits per heavy atom. The molecule has 0 spiro atoms. The molecule has 19 heavy (non-hydrogen) atoms. The van der Waals surface area contributed by atoms with Crippen LogP contribution in [-0.2, 0) is 20.6 Å². The van der Waals surface area contributed by atoms with Crippen molar-refractivity contribution in [3.63, 3.8) is 0 Å². The van der Waals surface area contributed by atoms with E-state index in [4.69, 9.17) is 14.2 Å². The number of carbonyl (C=O) groups is 1. The molecule has 2 heterocycles. The van der Waals surface area contributed by atoms with Crippen molar-refractivity contribution in [2.75, 3.05) is 19.8 Å². The molecule has 1 N–H and O–H groups in total.